The molecule has 45 heavy (non-hydrogen) atoms. The topological polar surface area (TPSA) is 83.0 Å². The highest BCUT2D eigenvalue weighted by Crippen LogP contribution is 2.46. The van der Waals surface area contributed by atoms with E-state index in [0.717, 1.165) is 44.0 Å². The molecule has 2 bridgehead atoms. The number of nitrogens with zero attached hydrogens (tertiary/aromatic N) is 4. The molecule has 4 aliphatic rings. The zero-order valence-corrected chi connectivity index (χ0v) is 24.9. The van der Waals surface area contributed by atoms with Gasteiger partial charge in [0.05, 0.1) is 16.1 Å². The number of benzene rings is 2. The van der Waals surface area contributed by atoms with E-state index in [1.807, 2.05) is 16.7 Å². The van der Waals surface area contributed by atoms with Crippen LogP contribution in [0.4, 0.5) is 32.2 Å². The molecule has 242 valence electrons. The Morgan fingerprint density at radius 3 is 2.71 bits per heavy atom. The van der Waals surface area contributed by atoms with Crippen LogP contribution in [0, 0.1) is 11.6 Å². The number of phenols is 1. The molecule has 4 aliphatic heterocycles. The molecule has 4 atom stereocenters. The Hall–Kier alpha value is -3.23. The number of nitrogens with one attached hydrogen (secondary N) is 1. The molecule has 0 saturated carbocycles. The van der Waals surface area contributed by atoms with Gasteiger partial charge < -0.3 is 24.8 Å². The third-order valence-corrected chi connectivity index (χ3v) is 9.75. The summed E-state index contributed by atoms with van der Waals surface area (Å²) < 4.78 is 96.9. The second-order valence-corrected chi connectivity index (χ2v) is 13.2. The van der Waals surface area contributed by atoms with Crippen LogP contribution < -0.4 is 19.7 Å². The lowest BCUT2D eigenvalue weighted by atomic mass is 9.95. The normalized spacial score (nSPS) is 28.2. The molecule has 2 aromatic carbocycles. The van der Waals surface area contributed by atoms with Crippen LogP contribution in [-0.4, -0.2) is 82.4 Å². The van der Waals surface area contributed by atoms with Crippen LogP contribution in [0.2, 0.25) is 5.02 Å². The number of ether oxygens (including phenoxy) is 2. The molecule has 5 heterocycles. The fourth-order valence-corrected chi connectivity index (χ4v) is 7.90. The molecular weight excluding hydrogens is 628 g/mol. The van der Waals surface area contributed by atoms with E-state index in [-0.39, 0.29) is 41.8 Å². The van der Waals surface area contributed by atoms with Gasteiger partial charge in [-0.2, -0.15) is 9.97 Å². The van der Waals surface area contributed by atoms with Crippen molar-refractivity contribution in [3.63, 3.8) is 0 Å². The number of piperazine rings is 1. The van der Waals surface area contributed by atoms with Crippen molar-refractivity contribution in [3.05, 3.63) is 34.9 Å². The van der Waals surface area contributed by atoms with E-state index >= 15 is 8.78 Å². The zero-order chi connectivity index (χ0) is 31.9. The van der Waals surface area contributed by atoms with Gasteiger partial charge in [-0.1, -0.05) is 11.6 Å². The summed E-state index contributed by atoms with van der Waals surface area (Å²) in [6, 6.07) is 2.33. The van der Waals surface area contributed by atoms with Crippen molar-refractivity contribution in [2.75, 3.05) is 37.7 Å². The summed E-state index contributed by atoms with van der Waals surface area (Å²) in [6.07, 6.45) is -2.63. The summed E-state index contributed by atoms with van der Waals surface area (Å²) in [5, 5.41) is 13.0. The number of anilines is 1. The molecule has 3 aromatic rings. The largest absolute Gasteiger partial charge is 0.573 e. The standard InChI is InChI=1S/C30H30ClF6N5O3/c1-28-5-3-16(40-28)12-41(13-28)26-19-9-21(33)22(18-7-17(43)8-20(31)25(18)45-30(35,36)37)23(34)24(19)38-27(39-26)44-14-29-4-2-6-42(29)11-15(32)10-29/h7-9,15-16,40,43H,2-6,10-14H2,1H3/t15-,16-,28+,29+/m1/s1. The summed E-state index contributed by atoms with van der Waals surface area (Å²) >= 11 is 5.95. The average Bonchev–Trinajstić information content (AvgIpc) is 3.56. The lowest BCUT2D eigenvalue weighted by Gasteiger charge is -2.40. The summed E-state index contributed by atoms with van der Waals surface area (Å²) in [6.45, 7) is 4.06. The van der Waals surface area contributed by atoms with E-state index in [2.05, 4.69) is 20.0 Å². The number of halogens is 7. The summed E-state index contributed by atoms with van der Waals surface area (Å²) in [5.41, 5.74) is -2.93. The molecule has 15 heteroatoms. The molecule has 2 N–H and O–H groups in total. The number of hydrogen-bond donors (Lipinski definition) is 2. The van der Waals surface area contributed by atoms with E-state index in [4.69, 9.17) is 16.3 Å². The molecular formula is C30H30ClF6N5O3. The molecule has 4 saturated heterocycles. The second-order valence-electron chi connectivity index (χ2n) is 12.8. The number of aromatic nitrogens is 2. The van der Waals surface area contributed by atoms with Gasteiger partial charge in [-0.15, -0.1) is 13.2 Å². The second kappa shape index (κ2) is 10.7. The van der Waals surface area contributed by atoms with E-state index in [9.17, 15) is 22.7 Å². The number of hydrogen-bond acceptors (Lipinski definition) is 8. The number of rotatable bonds is 6. The first-order chi connectivity index (χ1) is 21.2. The summed E-state index contributed by atoms with van der Waals surface area (Å²) in [4.78, 5) is 12.8. The minimum atomic E-state index is -5.25. The zero-order valence-electron chi connectivity index (χ0n) is 24.2. The average molecular weight is 658 g/mol. The SMILES string of the molecule is C[C@]12CC[C@H](CN(c3nc(OC[C@@]45CCCN4C[C@H](F)C5)nc4c(F)c(-c5cc(O)cc(Cl)c5OC(F)(F)F)c(F)cc34)C1)N2. The third-order valence-electron chi connectivity index (χ3n) is 9.47. The quantitative estimate of drug-likeness (QED) is 0.307. The van der Waals surface area contributed by atoms with Crippen LogP contribution in [0.5, 0.6) is 17.5 Å². The first kappa shape index (κ1) is 30.4. The van der Waals surface area contributed by atoms with Crippen LogP contribution >= 0.6 is 11.6 Å². The number of alkyl halides is 4. The number of phenolic OH excluding ortho intramolecular Hbond substituents is 1. The Morgan fingerprint density at radius 1 is 1.16 bits per heavy atom. The van der Waals surface area contributed by atoms with Crippen molar-refractivity contribution >= 4 is 28.3 Å². The monoisotopic (exact) mass is 657 g/mol. The fourth-order valence-electron chi connectivity index (χ4n) is 7.65. The molecule has 0 aliphatic carbocycles. The first-order valence-corrected chi connectivity index (χ1v) is 15.1. The predicted octanol–water partition coefficient (Wildman–Crippen LogP) is 6.12. The Bertz CT molecular complexity index is 1680. The highest BCUT2D eigenvalue weighted by Gasteiger charge is 2.49. The van der Waals surface area contributed by atoms with Gasteiger partial charge >= 0.3 is 12.4 Å². The number of fused-ring (bicyclic) bond motifs is 4. The van der Waals surface area contributed by atoms with Gasteiger partial charge in [0.1, 0.15) is 35.7 Å². The molecule has 8 nitrogen and oxygen atoms in total. The fraction of sp³-hybridized carbons (Fsp3) is 0.533. The Balaban J connectivity index is 1.37. The van der Waals surface area contributed by atoms with Crippen LogP contribution in [0.1, 0.15) is 39.0 Å². The summed E-state index contributed by atoms with van der Waals surface area (Å²) in [5.74, 6) is -4.07. The predicted molar refractivity (Wildman–Crippen MR) is 154 cm³/mol. The maximum atomic E-state index is 16.5. The van der Waals surface area contributed by atoms with E-state index in [1.54, 1.807) is 0 Å². The molecule has 1 aromatic heterocycles. The molecule has 0 radical (unpaired) electrons. The Kier molecular flexibility index (Phi) is 7.21. The van der Waals surface area contributed by atoms with Crippen molar-refractivity contribution in [2.45, 2.75) is 68.7 Å². The molecule has 0 unspecified atom stereocenters. The minimum absolute atomic E-state index is 0.0131. The van der Waals surface area contributed by atoms with Gasteiger partial charge in [-0.3, -0.25) is 4.90 Å². The van der Waals surface area contributed by atoms with Gasteiger partial charge in [0.15, 0.2) is 11.6 Å². The van der Waals surface area contributed by atoms with Crippen molar-refractivity contribution < 1.29 is 40.9 Å². The van der Waals surface area contributed by atoms with E-state index in [0.29, 0.717) is 26.1 Å². The van der Waals surface area contributed by atoms with Gasteiger partial charge in [0.2, 0.25) is 0 Å². The lowest BCUT2D eigenvalue weighted by Crippen LogP contribution is -2.58. The highest BCUT2D eigenvalue weighted by atomic mass is 35.5. The van der Waals surface area contributed by atoms with Crippen molar-refractivity contribution in [2.24, 2.45) is 0 Å². The smallest absolute Gasteiger partial charge is 0.508 e. The van der Waals surface area contributed by atoms with Gasteiger partial charge in [0, 0.05) is 54.7 Å². The Labute approximate surface area is 259 Å². The summed E-state index contributed by atoms with van der Waals surface area (Å²) in [7, 11) is 0. The van der Waals surface area contributed by atoms with E-state index in [1.165, 1.54) is 0 Å². The maximum Gasteiger partial charge on any atom is 0.573 e. The van der Waals surface area contributed by atoms with E-state index < -0.39 is 62.9 Å². The van der Waals surface area contributed by atoms with Crippen molar-refractivity contribution in [3.8, 4) is 28.6 Å². The molecule has 0 spiro atoms. The van der Waals surface area contributed by atoms with Crippen molar-refractivity contribution in [1.82, 2.24) is 20.2 Å². The van der Waals surface area contributed by atoms with Crippen LogP contribution in [-0.2, 0) is 0 Å². The molecule has 7 rings (SSSR count). The minimum Gasteiger partial charge on any atom is -0.508 e. The maximum absolute atomic E-state index is 16.5. The molecule has 0 amide bonds. The Morgan fingerprint density at radius 2 is 1.96 bits per heavy atom. The van der Waals surface area contributed by atoms with Gasteiger partial charge in [-0.05, 0) is 51.3 Å². The van der Waals surface area contributed by atoms with Crippen LogP contribution in [0.25, 0.3) is 22.0 Å². The third kappa shape index (κ3) is 5.48. The van der Waals surface area contributed by atoms with Crippen LogP contribution in [0.3, 0.4) is 0 Å². The van der Waals surface area contributed by atoms with Crippen LogP contribution in [0.15, 0.2) is 18.2 Å². The van der Waals surface area contributed by atoms with Gasteiger partial charge in [-0.25, -0.2) is 13.2 Å². The lowest BCUT2D eigenvalue weighted by molar-refractivity contribution is -0.274. The first-order valence-electron chi connectivity index (χ1n) is 14.8. The number of aromatic hydroxyl groups is 1. The van der Waals surface area contributed by atoms with Gasteiger partial charge in [0.25, 0.3) is 0 Å². The molecule has 4 fully saturated rings. The van der Waals surface area contributed by atoms with Crippen molar-refractivity contribution in [1.29, 1.82) is 0 Å². The highest BCUT2D eigenvalue weighted by molar-refractivity contribution is 6.32.